The standard InChI is InChI=1S/C21H25F3N4O2/c1-2-10-28(16-7-3-6-15(13-16)21(22,23)24)11-4-9-20(29)25-19-14-17(26-27-19)18-8-5-12-30-18/h3,5-7,12-14,18H,2,4,8-11H2,1H3,(H2,25,26,27,29). The van der Waals surface area contributed by atoms with Crippen LogP contribution in [0, 0.1) is 0 Å². The van der Waals surface area contributed by atoms with E-state index in [0.29, 0.717) is 31.0 Å². The zero-order valence-corrected chi connectivity index (χ0v) is 16.7. The Balaban J connectivity index is 1.51. The number of benzene rings is 1. The first-order chi connectivity index (χ1) is 14.4. The van der Waals surface area contributed by atoms with E-state index in [1.165, 1.54) is 6.07 Å². The Bertz CT molecular complexity index is 871. The fourth-order valence-corrected chi connectivity index (χ4v) is 3.31. The van der Waals surface area contributed by atoms with E-state index in [2.05, 4.69) is 15.5 Å². The van der Waals surface area contributed by atoms with Gasteiger partial charge in [0.15, 0.2) is 5.82 Å². The van der Waals surface area contributed by atoms with Crippen molar-refractivity contribution in [1.29, 1.82) is 0 Å². The number of carbonyl (C=O) groups excluding carboxylic acids is 1. The summed E-state index contributed by atoms with van der Waals surface area (Å²) in [6.45, 7) is 3.06. The Labute approximate surface area is 173 Å². The van der Waals surface area contributed by atoms with Crippen molar-refractivity contribution >= 4 is 17.4 Å². The van der Waals surface area contributed by atoms with Crippen molar-refractivity contribution in [3.8, 4) is 0 Å². The van der Waals surface area contributed by atoms with Gasteiger partial charge in [-0.2, -0.15) is 18.3 Å². The molecule has 0 fully saturated rings. The molecule has 1 aromatic heterocycles. The Hall–Kier alpha value is -2.97. The van der Waals surface area contributed by atoms with Crippen molar-refractivity contribution in [2.45, 2.75) is 44.9 Å². The highest BCUT2D eigenvalue weighted by Gasteiger charge is 2.30. The van der Waals surface area contributed by atoms with Crippen LogP contribution in [0.2, 0.25) is 0 Å². The molecule has 162 valence electrons. The smallest absolute Gasteiger partial charge is 0.416 e. The van der Waals surface area contributed by atoms with Gasteiger partial charge < -0.3 is 15.0 Å². The molecule has 0 spiro atoms. The summed E-state index contributed by atoms with van der Waals surface area (Å²) in [5.74, 6) is 0.229. The van der Waals surface area contributed by atoms with Crippen molar-refractivity contribution < 1.29 is 22.7 Å². The number of amides is 1. The van der Waals surface area contributed by atoms with E-state index in [-0.39, 0.29) is 18.4 Å². The molecule has 2 aromatic rings. The van der Waals surface area contributed by atoms with Gasteiger partial charge in [0.25, 0.3) is 0 Å². The fourth-order valence-electron chi connectivity index (χ4n) is 3.31. The highest BCUT2D eigenvalue weighted by atomic mass is 19.4. The van der Waals surface area contributed by atoms with Gasteiger partial charge in [0.05, 0.1) is 17.5 Å². The van der Waals surface area contributed by atoms with E-state index in [0.717, 1.165) is 30.7 Å². The number of hydrogen-bond acceptors (Lipinski definition) is 4. The van der Waals surface area contributed by atoms with Crippen molar-refractivity contribution in [1.82, 2.24) is 10.2 Å². The van der Waals surface area contributed by atoms with Crippen LogP contribution < -0.4 is 10.2 Å². The van der Waals surface area contributed by atoms with Gasteiger partial charge in [-0.3, -0.25) is 9.89 Å². The van der Waals surface area contributed by atoms with Crippen LogP contribution in [-0.2, 0) is 15.7 Å². The van der Waals surface area contributed by atoms with Crippen LogP contribution in [0.15, 0.2) is 42.7 Å². The molecule has 1 atom stereocenters. The summed E-state index contributed by atoms with van der Waals surface area (Å²) < 4.78 is 44.4. The Morgan fingerprint density at radius 3 is 2.87 bits per heavy atom. The lowest BCUT2D eigenvalue weighted by atomic mass is 10.1. The second-order valence-corrected chi connectivity index (χ2v) is 7.13. The summed E-state index contributed by atoms with van der Waals surface area (Å²) in [6, 6.07) is 7.02. The van der Waals surface area contributed by atoms with Crippen molar-refractivity contribution in [2.75, 3.05) is 23.3 Å². The molecule has 6 nitrogen and oxygen atoms in total. The molecule has 0 saturated heterocycles. The average molecular weight is 422 g/mol. The molecule has 0 saturated carbocycles. The summed E-state index contributed by atoms with van der Waals surface area (Å²) in [7, 11) is 0. The maximum absolute atomic E-state index is 13.0. The minimum atomic E-state index is -4.38. The van der Waals surface area contributed by atoms with Gasteiger partial charge in [0.2, 0.25) is 5.91 Å². The van der Waals surface area contributed by atoms with Crippen molar-refractivity contribution in [2.24, 2.45) is 0 Å². The van der Waals surface area contributed by atoms with Crippen LogP contribution in [0.5, 0.6) is 0 Å². The van der Waals surface area contributed by atoms with Crippen molar-refractivity contribution in [3.05, 3.63) is 53.9 Å². The lowest BCUT2D eigenvalue weighted by Gasteiger charge is -2.25. The number of hydrogen-bond donors (Lipinski definition) is 2. The molecule has 0 aliphatic carbocycles. The zero-order valence-electron chi connectivity index (χ0n) is 16.7. The monoisotopic (exact) mass is 422 g/mol. The lowest BCUT2D eigenvalue weighted by Crippen LogP contribution is -2.26. The van der Waals surface area contributed by atoms with Crippen LogP contribution in [0.4, 0.5) is 24.7 Å². The molecule has 1 aliphatic heterocycles. The molecule has 2 N–H and O–H groups in total. The molecule has 0 bridgehead atoms. The molecular formula is C21H25F3N4O2. The van der Waals surface area contributed by atoms with Crippen LogP contribution in [0.3, 0.4) is 0 Å². The number of alkyl halides is 3. The maximum atomic E-state index is 13.0. The van der Waals surface area contributed by atoms with Gasteiger partial charge in [-0.25, -0.2) is 0 Å². The third-order valence-electron chi connectivity index (χ3n) is 4.77. The first kappa shape index (κ1) is 21.7. The molecule has 0 radical (unpaired) electrons. The number of aromatic nitrogens is 2. The lowest BCUT2D eigenvalue weighted by molar-refractivity contribution is -0.137. The number of anilines is 2. The molecule has 1 aromatic carbocycles. The SMILES string of the molecule is CCCN(CCCC(=O)Nc1cc(C2CC=CO2)[nH]n1)c1cccc(C(F)(F)F)c1. The van der Waals surface area contributed by atoms with Gasteiger partial charge in [-0.15, -0.1) is 0 Å². The fraction of sp³-hybridized carbons (Fsp3) is 0.429. The summed E-state index contributed by atoms with van der Waals surface area (Å²) in [4.78, 5) is 14.1. The number of nitrogens with zero attached hydrogens (tertiary/aromatic N) is 2. The van der Waals surface area contributed by atoms with Crippen molar-refractivity contribution in [3.63, 3.8) is 0 Å². The largest absolute Gasteiger partial charge is 0.492 e. The predicted molar refractivity (Wildman–Crippen MR) is 108 cm³/mol. The Morgan fingerprint density at radius 1 is 1.33 bits per heavy atom. The minimum absolute atomic E-state index is 0.113. The second-order valence-electron chi connectivity index (χ2n) is 7.13. The zero-order chi connectivity index (χ0) is 21.6. The summed E-state index contributed by atoms with van der Waals surface area (Å²) in [5.41, 5.74) is 0.623. The molecule has 9 heteroatoms. The highest BCUT2D eigenvalue weighted by molar-refractivity contribution is 5.89. The van der Waals surface area contributed by atoms with Gasteiger partial charge in [0, 0.05) is 37.7 Å². The van der Waals surface area contributed by atoms with E-state index in [9.17, 15) is 18.0 Å². The number of ether oxygens (including phenoxy) is 1. The third-order valence-corrected chi connectivity index (χ3v) is 4.77. The van der Waals surface area contributed by atoms with Gasteiger partial charge in [0.1, 0.15) is 6.10 Å². The van der Waals surface area contributed by atoms with E-state index in [1.807, 2.05) is 17.9 Å². The second kappa shape index (κ2) is 9.69. The molecule has 30 heavy (non-hydrogen) atoms. The average Bonchev–Trinajstić information content (AvgIpc) is 3.38. The van der Waals surface area contributed by atoms with Crippen LogP contribution in [-0.4, -0.2) is 29.2 Å². The van der Waals surface area contributed by atoms with Gasteiger partial charge in [-0.05, 0) is 37.1 Å². The maximum Gasteiger partial charge on any atom is 0.416 e. The highest BCUT2D eigenvalue weighted by Crippen LogP contribution is 2.32. The molecule has 1 amide bonds. The Morgan fingerprint density at radius 2 is 2.17 bits per heavy atom. The molecular weight excluding hydrogens is 397 g/mol. The summed E-state index contributed by atoms with van der Waals surface area (Å²) >= 11 is 0. The van der Waals surface area contributed by atoms with Gasteiger partial charge in [-0.1, -0.05) is 13.0 Å². The van der Waals surface area contributed by atoms with Crippen LogP contribution in [0.25, 0.3) is 0 Å². The predicted octanol–water partition coefficient (Wildman–Crippen LogP) is 5.04. The third kappa shape index (κ3) is 5.77. The van der Waals surface area contributed by atoms with Crippen LogP contribution in [0.1, 0.15) is 50.0 Å². The normalized spacial score (nSPS) is 15.8. The molecule has 2 heterocycles. The molecule has 1 aliphatic rings. The summed E-state index contributed by atoms with van der Waals surface area (Å²) in [5, 5.41) is 9.66. The topological polar surface area (TPSA) is 70.2 Å². The number of rotatable bonds is 9. The van der Waals surface area contributed by atoms with E-state index in [1.54, 1.807) is 18.4 Å². The first-order valence-corrected chi connectivity index (χ1v) is 9.94. The number of aromatic amines is 1. The Kier molecular flexibility index (Phi) is 7.02. The molecule has 1 unspecified atom stereocenters. The van der Waals surface area contributed by atoms with E-state index in [4.69, 9.17) is 4.74 Å². The number of halogens is 3. The first-order valence-electron chi connectivity index (χ1n) is 9.94. The van der Waals surface area contributed by atoms with E-state index >= 15 is 0 Å². The molecule has 3 rings (SSSR count). The van der Waals surface area contributed by atoms with Crippen LogP contribution >= 0.6 is 0 Å². The summed E-state index contributed by atoms with van der Waals surface area (Å²) in [6.07, 6.45) is 1.34. The quantitative estimate of drug-likeness (QED) is 0.594. The number of carbonyl (C=O) groups is 1. The van der Waals surface area contributed by atoms with E-state index < -0.39 is 11.7 Å². The number of H-pyrrole nitrogens is 1. The minimum Gasteiger partial charge on any atom is -0.492 e. The number of nitrogens with one attached hydrogen (secondary N) is 2. The van der Waals surface area contributed by atoms with Gasteiger partial charge >= 0.3 is 6.18 Å².